The van der Waals surface area contributed by atoms with Crippen molar-refractivity contribution in [2.45, 2.75) is 0 Å². The van der Waals surface area contributed by atoms with Crippen LogP contribution in [0.1, 0.15) is 10.4 Å². The first-order valence-corrected chi connectivity index (χ1v) is 7.81. The van der Waals surface area contributed by atoms with Crippen LogP contribution in [-0.4, -0.2) is 18.0 Å². The summed E-state index contributed by atoms with van der Waals surface area (Å²) in [6.07, 6.45) is 0. The van der Waals surface area contributed by atoms with Gasteiger partial charge in [-0.1, -0.05) is 0 Å². The summed E-state index contributed by atoms with van der Waals surface area (Å²) < 4.78 is 31.8. The predicted molar refractivity (Wildman–Crippen MR) is 88.4 cm³/mol. The topological polar surface area (TPSA) is 51.2 Å². The maximum atomic E-state index is 13.8. The number of halogens is 2. The van der Waals surface area contributed by atoms with Crippen molar-refractivity contribution >= 4 is 22.4 Å². The summed E-state index contributed by atoms with van der Waals surface area (Å²) in [4.78, 5) is 16.3. The Bertz CT molecular complexity index is 879. The summed E-state index contributed by atoms with van der Waals surface area (Å²) in [5.74, 6) is -1.04. The van der Waals surface area contributed by atoms with E-state index in [0.29, 0.717) is 22.1 Å². The third-order valence-electron chi connectivity index (χ3n) is 3.28. The van der Waals surface area contributed by atoms with Crippen molar-refractivity contribution in [3.8, 4) is 17.0 Å². The van der Waals surface area contributed by atoms with Crippen molar-refractivity contribution in [2.75, 3.05) is 12.4 Å². The highest BCUT2D eigenvalue weighted by Crippen LogP contribution is 2.27. The molecule has 24 heavy (non-hydrogen) atoms. The minimum absolute atomic E-state index is 0.178. The average Bonchev–Trinajstić information content (AvgIpc) is 3.03. The fraction of sp³-hybridized carbons (Fsp3) is 0.0588. The first-order chi connectivity index (χ1) is 11.6. The molecule has 0 aliphatic rings. The van der Waals surface area contributed by atoms with Crippen LogP contribution in [-0.2, 0) is 0 Å². The quantitative estimate of drug-likeness (QED) is 0.764. The number of rotatable bonds is 4. The molecule has 0 fully saturated rings. The second-order valence-electron chi connectivity index (χ2n) is 4.84. The van der Waals surface area contributed by atoms with Gasteiger partial charge in [0.05, 0.1) is 12.8 Å². The normalized spacial score (nSPS) is 10.5. The minimum atomic E-state index is -0.701. The van der Waals surface area contributed by atoms with Crippen molar-refractivity contribution in [3.05, 3.63) is 65.0 Å². The van der Waals surface area contributed by atoms with Crippen molar-refractivity contribution in [1.82, 2.24) is 4.98 Å². The highest BCUT2D eigenvalue weighted by atomic mass is 32.1. The van der Waals surface area contributed by atoms with Gasteiger partial charge >= 0.3 is 0 Å². The molecule has 1 aromatic heterocycles. The number of hydrogen-bond acceptors (Lipinski definition) is 4. The number of hydrogen-bond donors (Lipinski definition) is 1. The molecule has 0 aliphatic heterocycles. The minimum Gasteiger partial charge on any atom is -0.497 e. The van der Waals surface area contributed by atoms with Gasteiger partial charge in [-0.2, -0.15) is 0 Å². The first kappa shape index (κ1) is 16.1. The molecule has 1 amide bonds. The van der Waals surface area contributed by atoms with Crippen LogP contribution < -0.4 is 10.1 Å². The Labute approximate surface area is 140 Å². The summed E-state index contributed by atoms with van der Waals surface area (Å²) >= 11 is 1.16. The molecule has 0 atom stereocenters. The third kappa shape index (κ3) is 3.41. The van der Waals surface area contributed by atoms with Crippen LogP contribution >= 0.6 is 11.3 Å². The van der Waals surface area contributed by atoms with Gasteiger partial charge in [0.25, 0.3) is 5.91 Å². The maximum absolute atomic E-state index is 13.8. The summed E-state index contributed by atoms with van der Waals surface area (Å²) in [5, 5.41) is 4.57. The zero-order valence-electron chi connectivity index (χ0n) is 12.5. The van der Waals surface area contributed by atoms with E-state index in [4.69, 9.17) is 4.74 Å². The number of thiazole rings is 1. The number of ether oxygens (including phenoxy) is 1. The van der Waals surface area contributed by atoms with Crippen LogP contribution in [0, 0.1) is 11.6 Å². The summed E-state index contributed by atoms with van der Waals surface area (Å²) in [7, 11) is 1.54. The van der Waals surface area contributed by atoms with Gasteiger partial charge in [-0.05, 0) is 36.4 Å². The van der Waals surface area contributed by atoms with Crippen LogP contribution in [0.4, 0.5) is 13.9 Å². The Morgan fingerprint density at radius 2 is 1.92 bits per heavy atom. The third-order valence-corrected chi connectivity index (χ3v) is 4.04. The zero-order chi connectivity index (χ0) is 17.1. The van der Waals surface area contributed by atoms with Gasteiger partial charge in [-0.15, -0.1) is 11.3 Å². The van der Waals surface area contributed by atoms with Gasteiger partial charge < -0.3 is 4.74 Å². The van der Waals surface area contributed by atoms with E-state index >= 15 is 0 Å². The van der Waals surface area contributed by atoms with Crippen LogP contribution in [0.3, 0.4) is 0 Å². The van der Waals surface area contributed by atoms with Crippen LogP contribution in [0.2, 0.25) is 0 Å². The lowest BCUT2D eigenvalue weighted by atomic mass is 10.1. The standard InChI is InChI=1S/C17H12F2N2O2S/c1-23-12-5-2-10(3-6-12)16(22)21-17-20-15(9-24-17)13-7-4-11(18)8-14(13)19/h2-9H,1H3,(H,20,21,22). The van der Waals surface area contributed by atoms with E-state index in [-0.39, 0.29) is 11.5 Å². The molecule has 0 aliphatic carbocycles. The second kappa shape index (κ2) is 6.76. The van der Waals surface area contributed by atoms with Crippen molar-refractivity contribution in [2.24, 2.45) is 0 Å². The fourth-order valence-electron chi connectivity index (χ4n) is 2.06. The Morgan fingerprint density at radius 3 is 2.58 bits per heavy atom. The van der Waals surface area contributed by atoms with Crippen molar-refractivity contribution in [1.29, 1.82) is 0 Å². The molecule has 4 nitrogen and oxygen atoms in total. The smallest absolute Gasteiger partial charge is 0.257 e. The lowest BCUT2D eigenvalue weighted by molar-refractivity contribution is 0.102. The van der Waals surface area contributed by atoms with E-state index in [1.165, 1.54) is 6.07 Å². The molecule has 0 radical (unpaired) electrons. The molecule has 0 unspecified atom stereocenters. The number of carbonyl (C=O) groups excluding carboxylic acids is 1. The predicted octanol–water partition coefficient (Wildman–Crippen LogP) is 4.35. The fourth-order valence-corrected chi connectivity index (χ4v) is 2.77. The number of aromatic nitrogens is 1. The molecule has 0 saturated carbocycles. The number of nitrogens with one attached hydrogen (secondary N) is 1. The van der Waals surface area contributed by atoms with Crippen LogP contribution in [0.25, 0.3) is 11.3 Å². The molecule has 0 spiro atoms. The van der Waals surface area contributed by atoms with Gasteiger partial charge in [-0.25, -0.2) is 13.8 Å². The average molecular weight is 346 g/mol. The number of amides is 1. The molecular formula is C17H12F2N2O2S. The molecular weight excluding hydrogens is 334 g/mol. The number of carbonyl (C=O) groups is 1. The summed E-state index contributed by atoms with van der Waals surface area (Å²) in [5.41, 5.74) is 0.959. The number of methoxy groups -OCH3 is 1. The number of nitrogens with zero attached hydrogens (tertiary/aromatic N) is 1. The lowest BCUT2D eigenvalue weighted by Gasteiger charge is -2.03. The Hall–Kier alpha value is -2.80. The van der Waals surface area contributed by atoms with Crippen molar-refractivity contribution in [3.63, 3.8) is 0 Å². The van der Waals surface area contributed by atoms with E-state index in [0.717, 1.165) is 23.5 Å². The van der Waals surface area contributed by atoms with Gasteiger partial charge in [-0.3, -0.25) is 10.1 Å². The van der Waals surface area contributed by atoms with E-state index in [2.05, 4.69) is 10.3 Å². The van der Waals surface area contributed by atoms with Gasteiger partial charge in [0, 0.05) is 22.6 Å². The monoisotopic (exact) mass is 346 g/mol. The lowest BCUT2D eigenvalue weighted by Crippen LogP contribution is -2.11. The highest BCUT2D eigenvalue weighted by molar-refractivity contribution is 7.14. The van der Waals surface area contributed by atoms with Crippen LogP contribution in [0.15, 0.2) is 47.8 Å². The van der Waals surface area contributed by atoms with E-state index in [9.17, 15) is 13.6 Å². The SMILES string of the molecule is COc1ccc(C(=O)Nc2nc(-c3ccc(F)cc3F)cs2)cc1. The number of benzene rings is 2. The molecule has 2 aromatic carbocycles. The second-order valence-corrected chi connectivity index (χ2v) is 5.70. The van der Waals surface area contributed by atoms with Gasteiger partial charge in [0.2, 0.25) is 0 Å². The molecule has 0 bridgehead atoms. The summed E-state index contributed by atoms with van der Waals surface area (Å²) in [6, 6.07) is 9.88. The van der Waals surface area contributed by atoms with E-state index in [1.54, 1.807) is 36.8 Å². The highest BCUT2D eigenvalue weighted by Gasteiger charge is 2.13. The molecule has 3 rings (SSSR count). The molecule has 3 aromatic rings. The van der Waals surface area contributed by atoms with Crippen LogP contribution in [0.5, 0.6) is 5.75 Å². The molecule has 122 valence electrons. The molecule has 1 N–H and O–H groups in total. The largest absolute Gasteiger partial charge is 0.497 e. The molecule has 0 saturated heterocycles. The maximum Gasteiger partial charge on any atom is 0.257 e. The Morgan fingerprint density at radius 1 is 1.17 bits per heavy atom. The first-order valence-electron chi connectivity index (χ1n) is 6.93. The zero-order valence-corrected chi connectivity index (χ0v) is 13.4. The van der Waals surface area contributed by atoms with Gasteiger partial charge in [0.15, 0.2) is 5.13 Å². The summed E-state index contributed by atoms with van der Waals surface area (Å²) in [6.45, 7) is 0. The molecule has 1 heterocycles. The number of anilines is 1. The van der Waals surface area contributed by atoms with Crippen molar-refractivity contribution < 1.29 is 18.3 Å². The van der Waals surface area contributed by atoms with E-state index in [1.807, 2.05) is 0 Å². The van der Waals surface area contributed by atoms with Gasteiger partial charge in [0.1, 0.15) is 17.4 Å². The Kier molecular flexibility index (Phi) is 4.52. The molecule has 7 heteroatoms. The van der Waals surface area contributed by atoms with E-state index < -0.39 is 11.6 Å². The Balaban J connectivity index is 1.76.